The van der Waals surface area contributed by atoms with Gasteiger partial charge in [0.2, 0.25) is 0 Å². The average molecular weight is 274 g/mol. The van der Waals surface area contributed by atoms with E-state index in [9.17, 15) is 0 Å². The zero-order valence-corrected chi connectivity index (χ0v) is 13.3. The third-order valence-electron chi connectivity index (χ3n) is 4.62. The lowest BCUT2D eigenvalue weighted by molar-refractivity contribution is 1.37. The van der Waals surface area contributed by atoms with Gasteiger partial charge in [0.15, 0.2) is 0 Å². The van der Waals surface area contributed by atoms with Crippen molar-refractivity contribution < 1.29 is 0 Å². The fourth-order valence-electron chi connectivity index (χ4n) is 3.04. The fourth-order valence-corrected chi connectivity index (χ4v) is 3.04. The molecule has 0 spiro atoms. The monoisotopic (exact) mass is 274 g/mol. The van der Waals surface area contributed by atoms with Crippen LogP contribution in [0.1, 0.15) is 42.5 Å². The molecule has 0 amide bonds. The lowest BCUT2D eigenvalue weighted by atomic mass is 9.97. The van der Waals surface area contributed by atoms with Gasteiger partial charge in [-0.25, -0.2) is 0 Å². The Morgan fingerprint density at radius 2 is 0.857 bits per heavy atom. The Morgan fingerprint density at radius 1 is 0.524 bits per heavy atom. The number of benzene rings is 2. The van der Waals surface area contributed by atoms with Gasteiger partial charge < -0.3 is 0 Å². The Kier molecular flexibility index (Phi) is 3.55. The van der Waals surface area contributed by atoms with Crippen LogP contribution in [0.2, 0.25) is 0 Å². The van der Waals surface area contributed by atoms with Crippen LogP contribution >= 0.6 is 0 Å². The summed E-state index contributed by atoms with van der Waals surface area (Å²) in [7, 11) is 0. The van der Waals surface area contributed by atoms with Crippen LogP contribution in [-0.4, -0.2) is 0 Å². The first-order valence-corrected chi connectivity index (χ1v) is 7.60. The maximum Gasteiger partial charge on any atom is -0.000844 e. The molecule has 3 rings (SSSR count). The average Bonchev–Trinajstić information content (AvgIpc) is 2.78. The number of hydrogen-bond acceptors (Lipinski definition) is 0. The summed E-state index contributed by atoms with van der Waals surface area (Å²) < 4.78 is 0. The summed E-state index contributed by atoms with van der Waals surface area (Å²) in [5.41, 5.74) is 11.2. The topological polar surface area (TPSA) is 0 Å². The fraction of sp³-hybridized carbons (Fsp3) is 0.238. The van der Waals surface area contributed by atoms with Crippen molar-refractivity contribution in [3.63, 3.8) is 0 Å². The second-order valence-corrected chi connectivity index (χ2v) is 6.12. The second kappa shape index (κ2) is 5.37. The van der Waals surface area contributed by atoms with Crippen molar-refractivity contribution in [1.29, 1.82) is 0 Å². The first-order chi connectivity index (χ1) is 10.1. The van der Waals surface area contributed by atoms with Crippen molar-refractivity contribution in [3.8, 4) is 0 Å². The van der Waals surface area contributed by atoms with E-state index in [2.05, 4.69) is 76.2 Å². The SMILES string of the molecule is CC1=C(c2ccc(C)cc2)CC(c2ccc(C)cc2)=C1C. The van der Waals surface area contributed by atoms with Gasteiger partial charge in [-0.15, -0.1) is 0 Å². The minimum Gasteiger partial charge on any atom is -0.0587 e. The maximum atomic E-state index is 2.26. The number of rotatable bonds is 2. The van der Waals surface area contributed by atoms with Crippen molar-refractivity contribution in [1.82, 2.24) is 0 Å². The zero-order valence-electron chi connectivity index (χ0n) is 13.3. The Balaban J connectivity index is 1.96. The Bertz CT molecular complexity index is 657. The standard InChI is InChI=1S/C21H22/c1-14-5-9-18(10-6-14)20-13-21(17(4)16(20)3)19-11-7-15(2)8-12-19/h5-12H,13H2,1-4H3. The van der Waals surface area contributed by atoms with Crippen LogP contribution in [0.15, 0.2) is 59.7 Å². The predicted molar refractivity (Wildman–Crippen MR) is 92.2 cm³/mol. The first-order valence-electron chi connectivity index (χ1n) is 7.60. The van der Waals surface area contributed by atoms with E-state index in [1.54, 1.807) is 0 Å². The van der Waals surface area contributed by atoms with Gasteiger partial charge in [0.25, 0.3) is 0 Å². The van der Waals surface area contributed by atoms with Gasteiger partial charge in [0.05, 0.1) is 0 Å². The lowest BCUT2D eigenvalue weighted by Gasteiger charge is -2.08. The van der Waals surface area contributed by atoms with Crippen LogP contribution in [0.3, 0.4) is 0 Å². The molecule has 0 aliphatic heterocycles. The van der Waals surface area contributed by atoms with E-state index in [1.807, 2.05) is 0 Å². The summed E-state index contributed by atoms with van der Waals surface area (Å²) in [4.78, 5) is 0. The van der Waals surface area contributed by atoms with E-state index in [0.717, 1.165) is 6.42 Å². The molecule has 0 radical (unpaired) electrons. The Hall–Kier alpha value is -2.08. The van der Waals surface area contributed by atoms with E-state index in [0.29, 0.717) is 0 Å². The first kappa shape index (κ1) is 13.9. The second-order valence-electron chi connectivity index (χ2n) is 6.12. The molecule has 2 aromatic carbocycles. The molecule has 1 aliphatic carbocycles. The van der Waals surface area contributed by atoms with E-state index >= 15 is 0 Å². The largest absolute Gasteiger partial charge is 0.0587 e. The molecule has 2 aromatic rings. The molecule has 0 bridgehead atoms. The number of allylic oxidation sites excluding steroid dienone is 4. The van der Waals surface area contributed by atoms with E-state index < -0.39 is 0 Å². The van der Waals surface area contributed by atoms with Gasteiger partial charge in [-0.2, -0.15) is 0 Å². The van der Waals surface area contributed by atoms with E-state index in [-0.39, 0.29) is 0 Å². The molecule has 21 heavy (non-hydrogen) atoms. The van der Waals surface area contributed by atoms with Gasteiger partial charge in [-0.1, -0.05) is 59.7 Å². The molecule has 0 N–H and O–H groups in total. The van der Waals surface area contributed by atoms with E-state index in [1.165, 1.54) is 44.5 Å². The molecule has 0 atom stereocenters. The smallest absolute Gasteiger partial charge is 0.000844 e. The molecule has 106 valence electrons. The minimum atomic E-state index is 1.05. The molecule has 0 heteroatoms. The van der Waals surface area contributed by atoms with Crippen LogP contribution in [0.25, 0.3) is 11.1 Å². The van der Waals surface area contributed by atoms with Crippen molar-refractivity contribution in [2.24, 2.45) is 0 Å². The van der Waals surface area contributed by atoms with Crippen LogP contribution in [0.4, 0.5) is 0 Å². The molecular weight excluding hydrogens is 252 g/mol. The number of hydrogen-bond donors (Lipinski definition) is 0. The highest BCUT2D eigenvalue weighted by atomic mass is 14.2. The molecule has 0 heterocycles. The van der Waals surface area contributed by atoms with Crippen LogP contribution in [0.5, 0.6) is 0 Å². The summed E-state index contributed by atoms with van der Waals surface area (Å²) in [6, 6.07) is 17.8. The van der Waals surface area contributed by atoms with Crippen molar-refractivity contribution in [2.75, 3.05) is 0 Å². The van der Waals surface area contributed by atoms with Gasteiger partial charge in [0.1, 0.15) is 0 Å². The third kappa shape index (κ3) is 2.58. The van der Waals surface area contributed by atoms with Crippen molar-refractivity contribution in [3.05, 3.63) is 81.9 Å². The highest BCUT2D eigenvalue weighted by Crippen LogP contribution is 2.42. The van der Waals surface area contributed by atoms with Crippen LogP contribution in [-0.2, 0) is 0 Å². The number of aryl methyl sites for hydroxylation is 2. The highest BCUT2D eigenvalue weighted by Gasteiger charge is 2.20. The highest BCUT2D eigenvalue weighted by molar-refractivity contribution is 5.91. The maximum absolute atomic E-state index is 2.26. The van der Waals surface area contributed by atoms with Crippen molar-refractivity contribution >= 4 is 11.1 Å². The summed E-state index contributed by atoms with van der Waals surface area (Å²) in [5, 5.41) is 0. The quantitative estimate of drug-likeness (QED) is 0.634. The third-order valence-corrected chi connectivity index (χ3v) is 4.62. The lowest BCUT2D eigenvalue weighted by Crippen LogP contribution is -1.86. The normalized spacial score (nSPS) is 15.0. The molecule has 0 aromatic heterocycles. The van der Waals surface area contributed by atoms with Crippen molar-refractivity contribution in [2.45, 2.75) is 34.1 Å². The summed E-state index contributed by atoms with van der Waals surface area (Å²) in [5.74, 6) is 0. The van der Waals surface area contributed by atoms with Gasteiger partial charge >= 0.3 is 0 Å². The Labute approximate surface area is 127 Å². The van der Waals surface area contributed by atoms with Gasteiger partial charge in [-0.3, -0.25) is 0 Å². The summed E-state index contributed by atoms with van der Waals surface area (Å²) in [6.07, 6.45) is 1.05. The van der Waals surface area contributed by atoms with Crippen LogP contribution in [0, 0.1) is 13.8 Å². The predicted octanol–water partition coefficient (Wildman–Crippen LogP) is 5.95. The van der Waals surface area contributed by atoms with E-state index in [4.69, 9.17) is 0 Å². The molecule has 0 saturated heterocycles. The minimum absolute atomic E-state index is 1.05. The van der Waals surface area contributed by atoms with Gasteiger partial charge in [0, 0.05) is 0 Å². The molecule has 0 fully saturated rings. The molecule has 0 unspecified atom stereocenters. The zero-order chi connectivity index (χ0) is 15.0. The summed E-state index contributed by atoms with van der Waals surface area (Å²) in [6.45, 7) is 8.79. The molecule has 1 aliphatic rings. The molecule has 0 nitrogen and oxygen atoms in total. The molecule has 0 saturated carbocycles. The van der Waals surface area contributed by atoms with Gasteiger partial charge in [-0.05, 0) is 67.5 Å². The summed E-state index contributed by atoms with van der Waals surface area (Å²) >= 11 is 0. The van der Waals surface area contributed by atoms with Crippen LogP contribution < -0.4 is 0 Å². The molecular formula is C21H22. The Morgan fingerprint density at radius 3 is 1.19 bits per heavy atom.